The van der Waals surface area contributed by atoms with Gasteiger partial charge in [0.2, 0.25) is 0 Å². The number of ether oxygens (including phenoxy) is 2. The number of hydrogen-bond acceptors (Lipinski definition) is 3. The lowest BCUT2D eigenvalue weighted by molar-refractivity contribution is -0.0231. The van der Waals surface area contributed by atoms with E-state index < -0.39 is 12.3 Å². The Balaban J connectivity index is 1.84. The van der Waals surface area contributed by atoms with Crippen LogP contribution >= 0.6 is 11.6 Å². The average Bonchev–Trinajstić information content (AvgIpc) is 2.62. The van der Waals surface area contributed by atoms with Gasteiger partial charge in [-0.3, -0.25) is 0 Å². The Morgan fingerprint density at radius 1 is 0.917 bits per heavy atom. The van der Waals surface area contributed by atoms with Crippen LogP contribution in [0.4, 0.5) is 0 Å². The predicted molar refractivity (Wildman–Crippen MR) is 95.2 cm³/mol. The maximum atomic E-state index is 12.2. The van der Waals surface area contributed by atoms with Gasteiger partial charge in [-0.15, -0.1) is 0 Å². The molecule has 0 fully saturated rings. The second-order valence-electron chi connectivity index (χ2n) is 5.15. The van der Waals surface area contributed by atoms with E-state index in [2.05, 4.69) is 6.58 Å². The number of esters is 1. The van der Waals surface area contributed by atoms with Crippen LogP contribution in [0, 0.1) is 0 Å². The molecule has 4 heteroatoms. The molecular weight excluding hydrogens is 324 g/mol. The largest absolute Gasteiger partial charge is 0.449 e. The maximum absolute atomic E-state index is 12.2. The van der Waals surface area contributed by atoms with Crippen LogP contribution in [0.1, 0.15) is 10.4 Å². The van der Waals surface area contributed by atoms with Gasteiger partial charge in [0, 0.05) is 5.39 Å². The van der Waals surface area contributed by atoms with Crippen molar-refractivity contribution >= 4 is 28.3 Å². The van der Waals surface area contributed by atoms with Crippen LogP contribution in [0.5, 0.6) is 5.75 Å². The highest BCUT2D eigenvalue weighted by molar-refractivity contribution is 6.29. The minimum atomic E-state index is -1.08. The lowest BCUT2D eigenvalue weighted by atomic mass is 10.1. The van der Waals surface area contributed by atoms with Gasteiger partial charge in [-0.25, -0.2) is 4.79 Å². The molecule has 0 heterocycles. The van der Waals surface area contributed by atoms with Crippen LogP contribution in [-0.2, 0) is 4.74 Å². The first kappa shape index (κ1) is 16.1. The van der Waals surface area contributed by atoms with Crippen molar-refractivity contribution in [1.82, 2.24) is 0 Å². The molecule has 1 unspecified atom stereocenters. The molecule has 3 aromatic carbocycles. The fourth-order valence-corrected chi connectivity index (χ4v) is 2.39. The first-order valence-corrected chi connectivity index (χ1v) is 7.78. The lowest BCUT2D eigenvalue weighted by Crippen LogP contribution is -2.24. The number of carbonyl (C=O) groups is 1. The van der Waals surface area contributed by atoms with Gasteiger partial charge in [0.05, 0.1) is 10.6 Å². The van der Waals surface area contributed by atoms with Crippen LogP contribution < -0.4 is 4.74 Å². The van der Waals surface area contributed by atoms with E-state index in [4.69, 9.17) is 21.1 Å². The van der Waals surface area contributed by atoms with E-state index in [9.17, 15) is 4.79 Å². The minimum Gasteiger partial charge on any atom is -0.449 e. The molecule has 0 aliphatic rings. The molecule has 120 valence electrons. The second kappa shape index (κ2) is 7.20. The minimum absolute atomic E-state index is 0.0900. The molecule has 0 aliphatic heterocycles. The molecule has 0 bridgehead atoms. The smallest absolute Gasteiger partial charge is 0.341 e. The molecule has 1 atom stereocenters. The number of carbonyl (C=O) groups excluding carboxylic acids is 1. The Kier molecular flexibility index (Phi) is 4.82. The van der Waals surface area contributed by atoms with Gasteiger partial charge in [0.1, 0.15) is 5.75 Å². The zero-order chi connectivity index (χ0) is 16.9. The van der Waals surface area contributed by atoms with Gasteiger partial charge in [-0.2, -0.15) is 0 Å². The summed E-state index contributed by atoms with van der Waals surface area (Å²) in [5.41, 5.74) is 0.418. The highest BCUT2D eigenvalue weighted by Crippen LogP contribution is 2.28. The summed E-state index contributed by atoms with van der Waals surface area (Å²) in [5, 5.41) is 2.01. The Hall–Kier alpha value is -2.78. The van der Waals surface area contributed by atoms with Crippen molar-refractivity contribution in [1.29, 1.82) is 0 Å². The van der Waals surface area contributed by atoms with Crippen LogP contribution in [0.15, 0.2) is 84.4 Å². The molecular formula is C20H15ClO3. The zero-order valence-corrected chi connectivity index (χ0v) is 13.6. The van der Waals surface area contributed by atoms with E-state index in [-0.39, 0.29) is 5.03 Å². The number of halogens is 1. The third-order valence-electron chi connectivity index (χ3n) is 3.46. The fourth-order valence-electron chi connectivity index (χ4n) is 2.31. The Morgan fingerprint density at radius 3 is 2.33 bits per heavy atom. The van der Waals surface area contributed by atoms with E-state index in [1.54, 1.807) is 30.3 Å². The zero-order valence-electron chi connectivity index (χ0n) is 12.8. The molecule has 0 radical (unpaired) electrons. The number of hydrogen-bond donors (Lipinski definition) is 0. The van der Waals surface area contributed by atoms with Crippen molar-refractivity contribution in [3.05, 3.63) is 90.0 Å². The van der Waals surface area contributed by atoms with E-state index >= 15 is 0 Å². The monoisotopic (exact) mass is 338 g/mol. The standard InChI is InChI=1S/C20H15ClO3/c1-14(21)20(24-19(22)16-9-3-2-4-10-16)23-18-13-7-11-15-8-5-6-12-17(15)18/h2-13,20H,1H2. The molecule has 3 aromatic rings. The molecule has 0 aromatic heterocycles. The molecule has 0 amide bonds. The van der Waals surface area contributed by atoms with Crippen molar-refractivity contribution in [3.63, 3.8) is 0 Å². The highest BCUT2D eigenvalue weighted by Gasteiger charge is 2.20. The quantitative estimate of drug-likeness (QED) is 0.476. The van der Waals surface area contributed by atoms with E-state index in [0.29, 0.717) is 11.3 Å². The summed E-state index contributed by atoms with van der Waals surface area (Å²) in [4.78, 5) is 12.2. The number of fused-ring (bicyclic) bond motifs is 1. The lowest BCUT2D eigenvalue weighted by Gasteiger charge is -2.19. The summed E-state index contributed by atoms with van der Waals surface area (Å²) < 4.78 is 11.2. The predicted octanol–water partition coefficient (Wildman–Crippen LogP) is 5.15. The number of rotatable bonds is 5. The summed E-state index contributed by atoms with van der Waals surface area (Å²) in [6, 6.07) is 22.1. The maximum Gasteiger partial charge on any atom is 0.341 e. The van der Waals surface area contributed by atoms with Crippen LogP contribution in [0.3, 0.4) is 0 Å². The summed E-state index contributed by atoms with van der Waals surface area (Å²) >= 11 is 5.98. The number of benzene rings is 3. The van der Waals surface area contributed by atoms with Gasteiger partial charge >= 0.3 is 5.97 Å². The SMILES string of the molecule is C=C(Cl)C(OC(=O)c1ccccc1)Oc1cccc2ccccc12. The van der Waals surface area contributed by atoms with Crippen molar-refractivity contribution in [2.75, 3.05) is 0 Å². The van der Waals surface area contributed by atoms with Crippen LogP contribution in [0.2, 0.25) is 0 Å². The highest BCUT2D eigenvalue weighted by atomic mass is 35.5. The topological polar surface area (TPSA) is 35.5 Å². The van der Waals surface area contributed by atoms with E-state index in [1.807, 2.05) is 42.5 Å². The first-order chi connectivity index (χ1) is 11.6. The van der Waals surface area contributed by atoms with E-state index in [1.165, 1.54) is 0 Å². The van der Waals surface area contributed by atoms with Gasteiger partial charge in [-0.05, 0) is 23.6 Å². The molecule has 0 saturated heterocycles. The Bertz CT molecular complexity index is 869. The van der Waals surface area contributed by atoms with Crippen LogP contribution in [-0.4, -0.2) is 12.3 Å². The third-order valence-corrected chi connectivity index (χ3v) is 3.64. The Morgan fingerprint density at radius 2 is 1.58 bits per heavy atom. The van der Waals surface area contributed by atoms with Gasteiger partial charge in [-0.1, -0.05) is 72.8 Å². The van der Waals surface area contributed by atoms with Crippen molar-refractivity contribution in [3.8, 4) is 5.75 Å². The Labute approximate surface area is 145 Å². The van der Waals surface area contributed by atoms with Crippen molar-refractivity contribution in [2.45, 2.75) is 6.29 Å². The van der Waals surface area contributed by atoms with Crippen LogP contribution in [0.25, 0.3) is 10.8 Å². The molecule has 0 N–H and O–H groups in total. The summed E-state index contributed by atoms with van der Waals surface area (Å²) in [5.74, 6) is 0.0448. The third kappa shape index (κ3) is 3.58. The molecule has 3 rings (SSSR count). The summed E-state index contributed by atoms with van der Waals surface area (Å²) in [6.45, 7) is 3.64. The first-order valence-electron chi connectivity index (χ1n) is 7.40. The normalized spacial score (nSPS) is 11.7. The molecule has 3 nitrogen and oxygen atoms in total. The average molecular weight is 339 g/mol. The van der Waals surface area contributed by atoms with Gasteiger partial charge < -0.3 is 9.47 Å². The van der Waals surface area contributed by atoms with Gasteiger partial charge in [0.15, 0.2) is 0 Å². The summed E-state index contributed by atoms with van der Waals surface area (Å²) in [7, 11) is 0. The van der Waals surface area contributed by atoms with Gasteiger partial charge in [0.25, 0.3) is 6.29 Å². The van der Waals surface area contributed by atoms with Crippen molar-refractivity contribution < 1.29 is 14.3 Å². The molecule has 0 saturated carbocycles. The fraction of sp³-hybridized carbons (Fsp3) is 0.0500. The molecule has 24 heavy (non-hydrogen) atoms. The molecule has 0 spiro atoms. The summed E-state index contributed by atoms with van der Waals surface area (Å²) in [6.07, 6.45) is -1.08. The van der Waals surface area contributed by atoms with E-state index in [0.717, 1.165) is 10.8 Å². The second-order valence-corrected chi connectivity index (χ2v) is 5.63. The molecule has 0 aliphatic carbocycles. The van der Waals surface area contributed by atoms with Crippen molar-refractivity contribution in [2.24, 2.45) is 0 Å².